The lowest BCUT2D eigenvalue weighted by atomic mass is 10.0. The number of hydrogen-bond donors (Lipinski definition) is 1. The molecule has 0 aliphatic carbocycles. The summed E-state index contributed by atoms with van der Waals surface area (Å²) in [5.41, 5.74) is 1.97. The second-order valence-electron chi connectivity index (χ2n) is 5.49. The Labute approximate surface area is 116 Å². The highest BCUT2D eigenvalue weighted by Crippen LogP contribution is 2.17. The van der Waals surface area contributed by atoms with Crippen LogP contribution in [0.2, 0.25) is 0 Å². The number of nitrogens with one attached hydrogen (secondary N) is 1. The molecule has 2 atom stereocenters. The number of piperidine rings is 1. The molecular weight excluding hydrogens is 234 g/mol. The van der Waals surface area contributed by atoms with Crippen molar-refractivity contribution in [1.82, 2.24) is 10.2 Å². The molecule has 1 aromatic rings. The number of hydrogen-bond acceptors (Lipinski definition) is 3. The van der Waals surface area contributed by atoms with Crippen LogP contribution < -0.4 is 5.32 Å². The summed E-state index contributed by atoms with van der Waals surface area (Å²) in [5.74, 6) is 0. The van der Waals surface area contributed by atoms with E-state index >= 15 is 0 Å². The summed E-state index contributed by atoms with van der Waals surface area (Å²) >= 11 is 0. The molecule has 1 aliphatic rings. The molecule has 1 fully saturated rings. The van der Waals surface area contributed by atoms with Crippen LogP contribution in [0.5, 0.6) is 0 Å². The SMILES string of the molecule is CC(NCC1CCCCN1C)c1ccc(C#N)cc1. The molecule has 0 aromatic heterocycles. The van der Waals surface area contributed by atoms with Gasteiger partial charge in [0.1, 0.15) is 0 Å². The molecule has 1 heterocycles. The van der Waals surface area contributed by atoms with Crippen molar-refractivity contribution in [2.24, 2.45) is 0 Å². The van der Waals surface area contributed by atoms with Gasteiger partial charge < -0.3 is 10.2 Å². The van der Waals surface area contributed by atoms with Gasteiger partial charge in [0, 0.05) is 18.6 Å². The predicted octanol–water partition coefficient (Wildman–Crippen LogP) is 2.69. The summed E-state index contributed by atoms with van der Waals surface area (Å²) < 4.78 is 0. The van der Waals surface area contributed by atoms with Gasteiger partial charge in [0.2, 0.25) is 0 Å². The average molecular weight is 257 g/mol. The molecule has 1 aliphatic heterocycles. The van der Waals surface area contributed by atoms with Gasteiger partial charge in [0.15, 0.2) is 0 Å². The Hall–Kier alpha value is -1.37. The van der Waals surface area contributed by atoms with E-state index in [1.165, 1.54) is 31.4 Å². The molecule has 1 saturated heterocycles. The number of nitrogens with zero attached hydrogens (tertiary/aromatic N) is 2. The minimum atomic E-state index is 0.336. The van der Waals surface area contributed by atoms with E-state index in [0.717, 1.165) is 12.1 Å². The zero-order chi connectivity index (χ0) is 13.7. The van der Waals surface area contributed by atoms with Gasteiger partial charge in [-0.2, -0.15) is 5.26 Å². The monoisotopic (exact) mass is 257 g/mol. The molecule has 2 unspecified atom stereocenters. The third-order valence-corrected chi connectivity index (χ3v) is 4.12. The van der Waals surface area contributed by atoms with Crippen molar-refractivity contribution >= 4 is 0 Å². The zero-order valence-electron chi connectivity index (χ0n) is 11.9. The van der Waals surface area contributed by atoms with E-state index in [1.807, 2.05) is 24.3 Å². The quantitative estimate of drug-likeness (QED) is 0.901. The van der Waals surface area contributed by atoms with E-state index in [9.17, 15) is 0 Å². The molecule has 0 radical (unpaired) electrons. The summed E-state index contributed by atoms with van der Waals surface area (Å²) in [6, 6.07) is 11.0. The smallest absolute Gasteiger partial charge is 0.0991 e. The third kappa shape index (κ3) is 3.79. The summed E-state index contributed by atoms with van der Waals surface area (Å²) in [7, 11) is 2.22. The lowest BCUT2D eigenvalue weighted by Crippen LogP contribution is -2.43. The maximum Gasteiger partial charge on any atom is 0.0991 e. The molecule has 19 heavy (non-hydrogen) atoms. The number of rotatable bonds is 4. The first kappa shape index (κ1) is 14.0. The Kier molecular flexibility index (Phi) is 4.95. The van der Waals surface area contributed by atoms with Crippen LogP contribution in [0.1, 0.15) is 43.4 Å². The van der Waals surface area contributed by atoms with Crippen molar-refractivity contribution in [3.8, 4) is 6.07 Å². The molecule has 3 heteroatoms. The summed E-state index contributed by atoms with van der Waals surface area (Å²) in [6.07, 6.45) is 3.98. The Morgan fingerprint density at radius 2 is 2.11 bits per heavy atom. The molecule has 2 rings (SSSR count). The predicted molar refractivity (Wildman–Crippen MR) is 77.8 cm³/mol. The first-order valence-corrected chi connectivity index (χ1v) is 7.14. The lowest BCUT2D eigenvalue weighted by molar-refractivity contribution is 0.178. The second kappa shape index (κ2) is 6.70. The van der Waals surface area contributed by atoms with Crippen LogP contribution >= 0.6 is 0 Å². The van der Waals surface area contributed by atoms with Crippen LogP contribution in [0.15, 0.2) is 24.3 Å². The topological polar surface area (TPSA) is 39.1 Å². The molecule has 102 valence electrons. The second-order valence-corrected chi connectivity index (χ2v) is 5.49. The fraction of sp³-hybridized carbons (Fsp3) is 0.562. The normalized spacial score (nSPS) is 21.8. The molecule has 0 bridgehead atoms. The summed E-state index contributed by atoms with van der Waals surface area (Å²) in [4.78, 5) is 2.46. The van der Waals surface area contributed by atoms with Crippen LogP contribution in [0, 0.1) is 11.3 Å². The van der Waals surface area contributed by atoms with Gasteiger partial charge in [0.25, 0.3) is 0 Å². The van der Waals surface area contributed by atoms with E-state index < -0.39 is 0 Å². The van der Waals surface area contributed by atoms with Crippen LogP contribution in [0.25, 0.3) is 0 Å². The van der Waals surface area contributed by atoms with E-state index in [4.69, 9.17) is 5.26 Å². The number of nitriles is 1. The highest BCUT2D eigenvalue weighted by atomic mass is 15.2. The fourth-order valence-electron chi connectivity index (χ4n) is 2.68. The molecule has 1 N–H and O–H groups in total. The van der Waals surface area contributed by atoms with Crippen molar-refractivity contribution in [3.63, 3.8) is 0 Å². The zero-order valence-corrected chi connectivity index (χ0v) is 11.9. The van der Waals surface area contributed by atoms with Gasteiger partial charge in [-0.15, -0.1) is 0 Å². The van der Waals surface area contributed by atoms with Crippen molar-refractivity contribution in [2.75, 3.05) is 20.1 Å². The Morgan fingerprint density at radius 1 is 1.37 bits per heavy atom. The fourth-order valence-corrected chi connectivity index (χ4v) is 2.68. The first-order chi connectivity index (χ1) is 9.20. The van der Waals surface area contributed by atoms with Crippen LogP contribution in [-0.4, -0.2) is 31.1 Å². The van der Waals surface area contributed by atoms with E-state index in [0.29, 0.717) is 12.1 Å². The molecule has 1 aromatic carbocycles. The lowest BCUT2D eigenvalue weighted by Gasteiger charge is -2.33. The minimum Gasteiger partial charge on any atom is -0.309 e. The molecule has 0 spiro atoms. The van der Waals surface area contributed by atoms with E-state index in [-0.39, 0.29) is 0 Å². The van der Waals surface area contributed by atoms with Crippen LogP contribution in [-0.2, 0) is 0 Å². The summed E-state index contributed by atoms with van der Waals surface area (Å²) in [6.45, 7) is 4.44. The highest BCUT2D eigenvalue weighted by Gasteiger charge is 2.19. The van der Waals surface area contributed by atoms with Gasteiger partial charge in [-0.1, -0.05) is 18.6 Å². The van der Waals surface area contributed by atoms with Crippen molar-refractivity contribution in [1.29, 1.82) is 5.26 Å². The maximum atomic E-state index is 8.80. The molecular formula is C16H23N3. The van der Waals surface area contributed by atoms with E-state index in [1.54, 1.807) is 0 Å². The third-order valence-electron chi connectivity index (χ3n) is 4.12. The Balaban J connectivity index is 1.86. The van der Waals surface area contributed by atoms with Crippen molar-refractivity contribution in [3.05, 3.63) is 35.4 Å². The van der Waals surface area contributed by atoms with Gasteiger partial charge in [-0.25, -0.2) is 0 Å². The largest absolute Gasteiger partial charge is 0.309 e. The van der Waals surface area contributed by atoms with Crippen LogP contribution in [0.4, 0.5) is 0 Å². The number of likely N-dealkylation sites (N-methyl/N-ethyl adjacent to an activating group) is 1. The minimum absolute atomic E-state index is 0.336. The van der Waals surface area contributed by atoms with Gasteiger partial charge >= 0.3 is 0 Å². The maximum absolute atomic E-state index is 8.80. The van der Waals surface area contributed by atoms with Gasteiger partial charge in [-0.3, -0.25) is 0 Å². The first-order valence-electron chi connectivity index (χ1n) is 7.14. The average Bonchev–Trinajstić information content (AvgIpc) is 2.46. The molecule has 3 nitrogen and oxygen atoms in total. The Morgan fingerprint density at radius 3 is 2.74 bits per heavy atom. The van der Waals surface area contributed by atoms with Crippen LogP contribution in [0.3, 0.4) is 0 Å². The highest BCUT2D eigenvalue weighted by molar-refractivity contribution is 5.32. The van der Waals surface area contributed by atoms with Crippen molar-refractivity contribution in [2.45, 2.75) is 38.3 Å². The molecule has 0 saturated carbocycles. The Bertz CT molecular complexity index is 432. The standard InChI is InChI=1S/C16H23N3/c1-13(15-8-6-14(11-17)7-9-15)18-12-16-5-3-4-10-19(16)2/h6-9,13,16,18H,3-5,10,12H2,1-2H3. The summed E-state index contributed by atoms with van der Waals surface area (Å²) in [5, 5.41) is 12.4. The van der Waals surface area contributed by atoms with Gasteiger partial charge in [0.05, 0.1) is 11.6 Å². The number of likely N-dealkylation sites (tertiary alicyclic amines) is 1. The number of benzene rings is 1. The van der Waals surface area contributed by atoms with Gasteiger partial charge in [-0.05, 0) is 51.1 Å². The molecule has 0 amide bonds. The van der Waals surface area contributed by atoms with Crippen molar-refractivity contribution < 1.29 is 0 Å². The van der Waals surface area contributed by atoms with E-state index in [2.05, 4.69) is 30.3 Å².